The summed E-state index contributed by atoms with van der Waals surface area (Å²) in [6, 6.07) is 21.6. The molecule has 7 nitrogen and oxygen atoms in total. The van der Waals surface area contributed by atoms with E-state index in [9.17, 15) is 4.79 Å². The van der Waals surface area contributed by atoms with Gasteiger partial charge in [0.05, 0.1) is 0 Å². The Kier molecular flexibility index (Phi) is 6.05. The lowest BCUT2D eigenvalue weighted by Crippen LogP contribution is -2.11. The number of halogens is 1. The average molecular weight is 431 g/mol. The number of amides is 1. The Hall–Kier alpha value is -3.97. The van der Waals surface area contributed by atoms with Crippen LogP contribution in [0.1, 0.15) is 16.2 Å². The van der Waals surface area contributed by atoms with Gasteiger partial charge < -0.3 is 16.0 Å². The summed E-state index contributed by atoms with van der Waals surface area (Å²) >= 11 is 5.95. The van der Waals surface area contributed by atoms with E-state index in [1.165, 1.54) is 0 Å². The highest BCUT2D eigenvalue weighted by Gasteiger charge is 2.07. The fourth-order valence-corrected chi connectivity index (χ4v) is 3.07. The molecule has 3 N–H and O–H groups in total. The minimum atomic E-state index is -0.222. The summed E-state index contributed by atoms with van der Waals surface area (Å²) in [4.78, 5) is 25.4. The zero-order valence-corrected chi connectivity index (χ0v) is 17.4. The van der Waals surface area contributed by atoms with Crippen LogP contribution < -0.4 is 16.0 Å². The van der Waals surface area contributed by atoms with Crippen LogP contribution in [0.25, 0.3) is 0 Å². The summed E-state index contributed by atoms with van der Waals surface area (Å²) in [6.45, 7) is 1.82. The van der Waals surface area contributed by atoms with Crippen LogP contribution in [0.15, 0.2) is 79.0 Å². The van der Waals surface area contributed by atoms with E-state index >= 15 is 0 Å². The molecule has 0 unspecified atom stereocenters. The van der Waals surface area contributed by atoms with Crippen LogP contribution in [0.2, 0.25) is 5.02 Å². The van der Waals surface area contributed by atoms with Crippen molar-refractivity contribution in [2.75, 3.05) is 16.0 Å². The molecular weight excluding hydrogens is 412 g/mol. The molecule has 0 aliphatic rings. The molecule has 31 heavy (non-hydrogen) atoms. The van der Waals surface area contributed by atoms with Crippen molar-refractivity contribution in [2.45, 2.75) is 6.92 Å². The summed E-state index contributed by atoms with van der Waals surface area (Å²) in [6.07, 6.45) is 1.71. The molecule has 2 heterocycles. The van der Waals surface area contributed by atoms with Gasteiger partial charge in [0.15, 0.2) is 0 Å². The zero-order valence-electron chi connectivity index (χ0n) is 16.6. The molecular formula is C23H19ClN6O. The molecule has 0 fully saturated rings. The Labute approximate surface area is 184 Å². The summed E-state index contributed by atoms with van der Waals surface area (Å²) < 4.78 is 0. The highest BCUT2D eigenvalue weighted by atomic mass is 35.5. The van der Waals surface area contributed by atoms with Crippen LogP contribution in [0.4, 0.5) is 28.8 Å². The molecule has 1 amide bonds. The Morgan fingerprint density at radius 3 is 2.26 bits per heavy atom. The monoisotopic (exact) mass is 430 g/mol. The van der Waals surface area contributed by atoms with Gasteiger partial charge >= 0.3 is 0 Å². The number of hydrogen-bond donors (Lipinski definition) is 3. The maximum Gasteiger partial charge on any atom is 0.255 e. The topological polar surface area (TPSA) is 91.8 Å². The van der Waals surface area contributed by atoms with Gasteiger partial charge in [0.1, 0.15) is 23.3 Å². The van der Waals surface area contributed by atoms with Crippen molar-refractivity contribution in [1.82, 2.24) is 15.0 Å². The van der Waals surface area contributed by atoms with Gasteiger partial charge in [-0.15, -0.1) is 0 Å². The SMILES string of the molecule is Cc1nc(Nc2ccc(NC(=O)c3cccc(Cl)c3)cc2)cc(Nc2ccccn2)n1. The molecule has 8 heteroatoms. The van der Waals surface area contributed by atoms with Gasteiger partial charge in [0.2, 0.25) is 0 Å². The van der Waals surface area contributed by atoms with E-state index in [1.54, 1.807) is 36.5 Å². The van der Waals surface area contributed by atoms with Crippen LogP contribution in [0.5, 0.6) is 0 Å². The Morgan fingerprint density at radius 2 is 1.55 bits per heavy atom. The van der Waals surface area contributed by atoms with Gasteiger partial charge in [-0.05, 0) is 61.5 Å². The molecule has 0 bridgehead atoms. The fourth-order valence-electron chi connectivity index (χ4n) is 2.88. The third kappa shape index (κ3) is 5.55. The van der Waals surface area contributed by atoms with E-state index in [1.807, 2.05) is 49.4 Å². The second-order valence-corrected chi connectivity index (χ2v) is 7.13. The van der Waals surface area contributed by atoms with Gasteiger partial charge in [-0.25, -0.2) is 15.0 Å². The number of carbonyl (C=O) groups is 1. The van der Waals surface area contributed by atoms with Gasteiger partial charge in [-0.2, -0.15) is 0 Å². The average Bonchev–Trinajstić information content (AvgIpc) is 2.75. The summed E-state index contributed by atoms with van der Waals surface area (Å²) in [5.41, 5.74) is 1.99. The maximum absolute atomic E-state index is 12.4. The second kappa shape index (κ2) is 9.23. The van der Waals surface area contributed by atoms with Crippen molar-refractivity contribution < 1.29 is 4.79 Å². The van der Waals surface area contributed by atoms with Crippen molar-refractivity contribution in [1.29, 1.82) is 0 Å². The van der Waals surface area contributed by atoms with Crippen molar-refractivity contribution in [2.24, 2.45) is 0 Å². The molecule has 2 aromatic heterocycles. The smallest absolute Gasteiger partial charge is 0.255 e. The fraction of sp³-hybridized carbons (Fsp3) is 0.0435. The highest BCUT2D eigenvalue weighted by molar-refractivity contribution is 6.31. The van der Waals surface area contributed by atoms with Crippen LogP contribution in [-0.4, -0.2) is 20.9 Å². The number of rotatable bonds is 6. The number of benzene rings is 2. The quantitative estimate of drug-likeness (QED) is 0.370. The molecule has 0 aliphatic carbocycles. The number of aryl methyl sites for hydroxylation is 1. The number of carbonyl (C=O) groups excluding carboxylic acids is 1. The van der Waals surface area contributed by atoms with Crippen LogP contribution in [0.3, 0.4) is 0 Å². The summed E-state index contributed by atoms with van der Waals surface area (Å²) in [5, 5.41) is 9.78. The lowest BCUT2D eigenvalue weighted by atomic mass is 10.2. The molecule has 0 saturated carbocycles. The van der Waals surface area contributed by atoms with Crippen molar-refractivity contribution >= 4 is 46.3 Å². The van der Waals surface area contributed by atoms with Crippen molar-refractivity contribution in [3.8, 4) is 0 Å². The van der Waals surface area contributed by atoms with Gasteiger partial charge in [0, 0.05) is 34.2 Å². The number of nitrogens with zero attached hydrogens (tertiary/aromatic N) is 3. The summed E-state index contributed by atoms with van der Waals surface area (Å²) in [5.74, 6) is 2.38. The van der Waals surface area contributed by atoms with E-state index in [0.717, 1.165) is 5.69 Å². The lowest BCUT2D eigenvalue weighted by Gasteiger charge is -2.11. The first-order valence-electron chi connectivity index (χ1n) is 9.53. The number of hydrogen-bond acceptors (Lipinski definition) is 6. The first-order chi connectivity index (χ1) is 15.0. The predicted octanol–water partition coefficient (Wildman–Crippen LogP) is 5.57. The standard InChI is InChI=1S/C23H19ClN6O/c1-15-26-21(14-22(27-15)30-20-7-2-3-12-25-20)28-18-8-10-19(11-9-18)29-23(31)16-5-4-6-17(24)13-16/h2-14H,1H3,(H,29,31)(H2,25,26,27,28,30). The van der Waals surface area contributed by atoms with Crippen molar-refractivity contribution in [3.63, 3.8) is 0 Å². The molecule has 4 aromatic rings. The van der Waals surface area contributed by atoms with Gasteiger partial charge in [0.25, 0.3) is 5.91 Å². The first-order valence-corrected chi connectivity index (χ1v) is 9.91. The van der Waals surface area contributed by atoms with E-state index in [2.05, 4.69) is 30.9 Å². The minimum Gasteiger partial charge on any atom is -0.340 e. The van der Waals surface area contributed by atoms with Crippen LogP contribution in [0, 0.1) is 6.92 Å². The van der Waals surface area contributed by atoms with Crippen molar-refractivity contribution in [3.05, 3.63) is 95.4 Å². The van der Waals surface area contributed by atoms with Crippen LogP contribution >= 0.6 is 11.6 Å². The second-order valence-electron chi connectivity index (χ2n) is 6.69. The predicted molar refractivity (Wildman–Crippen MR) is 123 cm³/mol. The summed E-state index contributed by atoms with van der Waals surface area (Å²) in [7, 11) is 0. The third-order valence-corrected chi connectivity index (χ3v) is 4.50. The number of pyridine rings is 1. The number of aromatic nitrogens is 3. The maximum atomic E-state index is 12.4. The molecule has 4 rings (SSSR count). The molecule has 2 aromatic carbocycles. The Morgan fingerprint density at radius 1 is 0.806 bits per heavy atom. The third-order valence-electron chi connectivity index (χ3n) is 4.26. The Bertz CT molecular complexity index is 1200. The van der Waals surface area contributed by atoms with E-state index < -0.39 is 0 Å². The Balaban J connectivity index is 1.43. The van der Waals surface area contributed by atoms with E-state index in [0.29, 0.717) is 39.6 Å². The molecule has 0 aliphatic heterocycles. The minimum absolute atomic E-state index is 0.222. The van der Waals surface area contributed by atoms with E-state index in [4.69, 9.17) is 11.6 Å². The molecule has 0 saturated heterocycles. The molecule has 0 spiro atoms. The van der Waals surface area contributed by atoms with Crippen LogP contribution in [-0.2, 0) is 0 Å². The molecule has 154 valence electrons. The normalized spacial score (nSPS) is 10.4. The molecule has 0 radical (unpaired) electrons. The molecule has 0 atom stereocenters. The largest absolute Gasteiger partial charge is 0.340 e. The number of anilines is 5. The zero-order chi connectivity index (χ0) is 21.6. The van der Waals surface area contributed by atoms with Gasteiger partial charge in [-0.3, -0.25) is 4.79 Å². The first kappa shape index (κ1) is 20.3. The highest BCUT2D eigenvalue weighted by Crippen LogP contribution is 2.21. The lowest BCUT2D eigenvalue weighted by molar-refractivity contribution is 0.102. The number of nitrogens with one attached hydrogen (secondary N) is 3. The van der Waals surface area contributed by atoms with E-state index in [-0.39, 0.29) is 5.91 Å². The van der Waals surface area contributed by atoms with Gasteiger partial charge in [-0.1, -0.05) is 23.7 Å².